The van der Waals surface area contributed by atoms with Crippen LogP contribution in [0.2, 0.25) is 0 Å². The summed E-state index contributed by atoms with van der Waals surface area (Å²) in [5.74, 6) is -0.659. The van der Waals surface area contributed by atoms with Crippen molar-refractivity contribution in [2.45, 2.75) is 71.1 Å². The molecule has 0 spiro atoms. The number of carbonyl (C=O) groups is 1. The van der Waals surface area contributed by atoms with Crippen molar-refractivity contribution in [3.8, 4) is 0 Å². The van der Waals surface area contributed by atoms with Gasteiger partial charge in [-0.05, 0) is 6.42 Å². The van der Waals surface area contributed by atoms with Gasteiger partial charge in [0.1, 0.15) is 0 Å². The lowest BCUT2D eigenvalue weighted by Crippen LogP contribution is -1.93. The Morgan fingerprint density at radius 1 is 0.867 bits per heavy atom. The minimum atomic E-state index is -0.659. The number of hydrogen-bond donors (Lipinski definition) is 1. The van der Waals surface area contributed by atoms with Gasteiger partial charge in [0, 0.05) is 11.9 Å². The van der Waals surface area contributed by atoms with E-state index in [-0.39, 0.29) is 5.48 Å². The predicted octanol–water partition coefficient (Wildman–Crippen LogP) is 3.87. The summed E-state index contributed by atoms with van der Waals surface area (Å²) in [5.41, 5.74) is 0. The highest BCUT2D eigenvalue weighted by Crippen LogP contribution is 2.10. The van der Waals surface area contributed by atoms with E-state index in [0.29, 0.717) is 6.42 Å². The first-order valence-corrected chi connectivity index (χ1v) is 5.99. The smallest absolute Gasteiger partial charge is 0.303 e. The molecule has 0 heterocycles. The maximum Gasteiger partial charge on any atom is 0.303 e. The summed E-state index contributed by atoms with van der Waals surface area (Å²) in [6.07, 6.45) is 11.5. The molecule has 3 nitrogen and oxygen atoms in total. The van der Waals surface area contributed by atoms with Crippen molar-refractivity contribution >= 4 is 5.97 Å². The van der Waals surface area contributed by atoms with E-state index in [4.69, 9.17) is 5.11 Å². The van der Waals surface area contributed by atoms with Crippen LogP contribution in [0.1, 0.15) is 71.1 Å². The van der Waals surface area contributed by atoms with Gasteiger partial charge in [0.25, 0.3) is 0 Å². The second kappa shape index (κ2) is 13.4. The van der Waals surface area contributed by atoms with Crippen LogP contribution < -0.4 is 0 Å². The summed E-state index contributed by atoms with van der Waals surface area (Å²) in [4.78, 5) is 10.2. The van der Waals surface area contributed by atoms with Gasteiger partial charge in [-0.2, -0.15) is 0 Å². The second-order valence-corrected chi connectivity index (χ2v) is 3.97. The molecule has 2 radical (unpaired) electrons. The van der Waals surface area contributed by atoms with Gasteiger partial charge < -0.3 is 5.11 Å². The van der Waals surface area contributed by atoms with Crippen molar-refractivity contribution < 1.29 is 15.4 Å². The SMILES string of the molecule is CCCCCCCCCCCC(=O)O.[O]. The third-order valence-electron chi connectivity index (χ3n) is 2.49. The first-order valence-electron chi connectivity index (χ1n) is 5.99. The molecule has 0 aliphatic rings. The Kier molecular flexibility index (Phi) is 15.1. The molecule has 0 amide bonds. The Hall–Kier alpha value is -0.570. The summed E-state index contributed by atoms with van der Waals surface area (Å²) in [7, 11) is 0. The molecular formula is C12H24O3. The maximum atomic E-state index is 10.2. The van der Waals surface area contributed by atoms with Crippen molar-refractivity contribution in [2.24, 2.45) is 0 Å². The average Bonchev–Trinajstić information content (AvgIpc) is 2.15. The van der Waals surface area contributed by atoms with Gasteiger partial charge in [0.2, 0.25) is 0 Å². The molecule has 90 valence electrons. The molecule has 0 saturated heterocycles. The van der Waals surface area contributed by atoms with Gasteiger partial charge in [0.15, 0.2) is 0 Å². The highest BCUT2D eigenvalue weighted by molar-refractivity contribution is 5.66. The topological polar surface area (TPSA) is 65.8 Å². The average molecular weight is 216 g/mol. The van der Waals surface area contributed by atoms with Crippen LogP contribution in [-0.4, -0.2) is 11.1 Å². The molecule has 0 aliphatic carbocycles. The summed E-state index contributed by atoms with van der Waals surface area (Å²) < 4.78 is 0. The van der Waals surface area contributed by atoms with Crippen LogP contribution in [0, 0.1) is 0 Å². The molecule has 0 unspecified atom stereocenters. The maximum absolute atomic E-state index is 10.2. The highest BCUT2D eigenvalue weighted by atomic mass is 16.4. The fourth-order valence-corrected chi connectivity index (χ4v) is 1.59. The number of rotatable bonds is 10. The Bertz CT molecular complexity index is 135. The molecular weight excluding hydrogens is 192 g/mol. The van der Waals surface area contributed by atoms with Crippen molar-refractivity contribution in [1.29, 1.82) is 0 Å². The minimum absolute atomic E-state index is 0. The largest absolute Gasteiger partial charge is 0.481 e. The van der Waals surface area contributed by atoms with Gasteiger partial charge in [-0.3, -0.25) is 4.79 Å². The van der Waals surface area contributed by atoms with Gasteiger partial charge >= 0.3 is 5.97 Å². The minimum Gasteiger partial charge on any atom is -0.481 e. The third kappa shape index (κ3) is 16.1. The molecule has 0 aliphatic heterocycles. The molecule has 0 aromatic heterocycles. The van der Waals surface area contributed by atoms with Crippen LogP contribution in [0.3, 0.4) is 0 Å². The Balaban J connectivity index is 0. The quantitative estimate of drug-likeness (QED) is 0.563. The fourth-order valence-electron chi connectivity index (χ4n) is 1.59. The van der Waals surface area contributed by atoms with E-state index in [9.17, 15) is 4.79 Å². The van der Waals surface area contributed by atoms with Crippen LogP contribution in [0.4, 0.5) is 0 Å². The fraction of sp³-hybridized carbons (Fsp3) is 0.917. The molecule has 0 bridgehead atoms. The Morgan fingerprint density at radius 3 is 1.67 bits per heavy atom. The van der Waals surface area contributed by atoms with Crippen molar-refractivity contribution in [3.05, 3.63) is 0 Å². The predicted molar refractivity (Wildman–Crippen MR) is 60.2 cm³/mol. The first kappa shape index (κ1) is 16.8. The molecule has 0 aromatic rings. The lowest BCUT2D eigenvalue weighted by Gasteiger charge is -2.00. The normalized spacial score (nSPS) is 9.67. The zero-order chi connectivity index (χ0) is 10.6. The summed E-state index contributed by atoms with van der Waals surface area (Å²) in [5, 5.41) is 8.41. The highest BCUT2D eigenvalue weighted by Gasteiger charge is 1.96. The first-order chi connectivity index (χ1) is 6.77. The van der Waals surface area contributed by atoms with Crippen LogP contribution in [0.5, 0.6) is 0 Å². The Morgan fingerprint density at radius 2 is 1.27 bits per heavy atom. The van der Waals surface area contributed by atoms with E-state index in [1.807, 2.05) is 0 Å². The Labute approximate surface area is 93.2 Å². The lowest BCUT2D eigenvalue weighted by molar-refractivity contribution is -0.137. The molecule has 3 heteroatoms. The van der Waals surface area contributed by atoms with E-state index in [1.54, 1.807) is 0 Å². The van der Waals surface area contributed by atoms with E-state index in [0.717, 1.165) is 12.8 Å². The van der Waals surface area contributed by atoms with E-state index in [1.165, 1.54) is 44.9 Å². The molecule has 0 atom stereocenters. The van der Waals surface area contributed by atoms with Gasteiger partial charge in [-0.25, -0.2) is 0 Å². The standard InChI is InChI=1S/C12H24O2.O/c1-2-3-4-5-6-7-8-9-10-11-12(13)14;/h2-11H2,1H3,(H,13,14);. The van der Waals surface area contributed by atoms with E-state index < -0.39 is 5.97 Å². The summed E-state index contributed by atoms with van der Waals surface area (Å²) in [6.45, 7) is 2.23. The number of aliphatic carboxylic acids is 1. The van der Waals surface area contributed by atoms with Crippen molar-refractivity contribution in [3.63, 3.8) is 0 Å². The molecule has 0 rings (SSSR count). The number of hydrogen-bond acceptors (Lipinski definition) is 1. The molecule has 1 N–H and O–H groups in total. The molecule has 0 saturated carbocycles. The summed E-state index contributed by atoms with van der Waals surface area (Å²) >= 11 is 0. The number of unbranched alkanes of at least 4 members (excludes halogenated alkanes) is 8. The zero-order valence-corrected chi connectivity index (χ0v) is 9.83. The zero-order valence-electron chi connectivity index (χ0n) is 9.83. The van der Waals surface area contributed by atoms with Gasteiger partial charge in [-0.1, -0.05) is 58.3 Å². The van der Waals surface area contributed by atoms with E-state index >= 15 is 0 Å². The summed E-state index contributed by atoms with van der Waals surface area (Å²) in [6, 6.07) is 0. The lowest BCUT2D eigenvalue weighted by atomic mass is 10.1. The second-order valence-electron chi connectivity index (χ2n) is 3.97. The van der Waals surface area contributed by atoms with Gasteiger partial charge in [0.05, 0.1) is 0 Å². The van der Waals surface area contributed by atoms with E-state index in [2.05, 4.69) is 6.92 Å². The van der Waals surface area contributed by atoms with Gasteiger partial charge in [-0.15, -0.1) is 0 Å². The van der Waals surface area contributed by atoms with Crippen LogP contribution in [-0.2, 0) is 10.3 Å². The number of carboxylic acid groups (broad SMARTS) is 1. The number of carboxylic acids is 1. The third-order valence-corrected chi connectivity index (χ3v) is 2.49. The van der Waals surface area contributed by atoms with Crippen LogP contribution >= 0.6 is 0 Å². The molecule has 15 heavy (non-hydrogen) atoms. The molecule has 0 fully saturated rings. The van der Waals surface area contributed by atoms with Crippen LogP contribution in [0.15, 0.2) is 0 Å². The monoisotopic (exact) mass is 216 g/mol. The molecule has 0 aromatic carbocycles. The van der Waals surface area contributed by atoms with Crippen LogP contribution in [0.25, 0.3) is 0 Å². The van der Waals surface area contributed by atoms with Crippen molar-refractivity contribution in [1.82, 2.24) is 0 Å². The van der Waals surface area contributed by atoms with Crippen molar-refractivity contribution in [2.75, 3.05) is 0 Å².